The monoisotopic (exact) mass is 444 g/mol. The molecule has 166 valence electrons. The molecule has 12 nitrogen and oxygen atoms in total. The third-order valence-electron chi connectivity index (χ3n) is 5.28. The number of carbonyl (C=O) groups is 1. The number of carbonyl (C=O) groups excluding carboxylic acids is 1. The molecule has 0 radical (unpaired) electrons. The summed E-state index contributed by atoms with van der Waals surface area (Å²) in [6, 6.07) is 5.59. The summed E-state index contributed by atoms with van der Waals surface area (Å²) in [5.74, 6) is -0.176. The number of fused-ring (bicyclic) bond motifs is 1. The second-order valence-corrected chi connectivity index (χ2v) is 7.56. The van der Waals surface area contributed by atoms with Crippen LogP contribution in [0.3, 0.4) is 0 Å². The standard InChI is InChI=1S/C21H20N10O2/c1-11-9-14-15(10-24-11)31(29-16(14)19(22)33)21-25-20(26-27-21)17-18(32)12(2)28-30(17)8-5-13-3-6-23-7-4-13/h3-4,6-7,9-10,32H,5,8H2,1-2H3,(H2,22,33)(H,25,26,27). The van der Waals surface area contributed by atoms with Gasteiger partial charge in [-0.1, -0.05) is 0 Å². The lowest BCUT2D eigenvalue weighted by atomic mass is 10.2. The second-order valence-electron chi connectivity index (χ2n) is 7.56. The second kappa shape index (κ2) is 7.82. The van der Waals surface area contributed by atoms with Crippen LogP contribution in [0.15, 0.2) is 36.8 Å². The number of aromatic amines is 1. The zero-order chi connectivity index (χ0) is 23.1. The van der Waals surface area contributed by atoms with Crippen LogP contribution in [0.2, 0.25) is 0 Å². The van der Waals surface area contributed by atoms with Gasteiger partial charge in [0, 0.05) is 30.0 Å². The maximum atomic E-state index is 11.9. The number of amides is 1. The Morgan fingerprint density at radius 2 is 2.00 bits per heavy atom. The van der Waals surface area contributed by atoms with Gasteiger partial charge in [-0.15, -0.1) is 5.10 Å². The van der Waals surface area contributed by atoms with E-state index < -0.39 is 5.91 Å². The van der Waals surface area contributed by atoms with Crippen LogP contribution in [0, 0.1) is 13.8 Å². The average molecular weight is 444 g/mol. The zero-order valence-electron chi connectivity index (χ0n) is 17.9. The molecule has 1 amide bonds. The van der Waals surface area contributed by atoms with E-state index in [4.69, 9.17) is 5.73 Å². The summed E-state index contributed by atoms with van der Waals surface area (Å²) < 4.78 is 3.07. The van der Waals surface area contributed by atoms with Gasteiger partial charge >= 0.3 is 0 Å². The first-order chi connectivity index (χ1) is 15.9. The minimum absolute atomic E-state index is 0.00729. The van der Waals surface area contributed by atoms with Crippen LogP contribution in [0.1, 0.15) is 27.4 Å². The lowest BCUT2D eigenvalue weighted by Gasteiger charge is -2.05. The molecule has 0 fully saturated rings. The summed E-state index contributed by atoms with van der Waals surface area (Å²) in [4.78, 5) is 24.7. The van der Waals surface area contributed by atoms with Crippen LogP contribution < -0.4 is 5.73 Å². The predicted molar refractivity (Wildman–Crippen MR) is 118 cm³/mol. The van der Waals surface area contributed by atoms with Crippen LogP contribution in [0.25, 0.3) is 28.4 Å². The highest BCUT2D eigenvalue weighted by Crippen LogP contribution is 2.30. The molecule has 5 aromatic heterocycles. The van der Waals surface area contributed by atoms with Crippen molar-refractivity contribution in [3.05, 3.63) is 59.4 Å². The molecule has 33 heavy (non-hydrogen) atoms. The Hall–Kier alpha value is -4.61. The van der Waals surface area contributed by atoms with E-state index >= 15 is 0 Å². The molecule has 0 unspecified atom stereocenters. The largest absolute Gasteiger partial charge is 0.504 e. The summed E-state index contributed by atoms with van der Waals surface area (Å²) in [5.41, 5.74) is 8.83. The zero-order valence-corrected chi connectivity index (χ0v) is 17.9. The molecule has 0 aromatic carbocycles. The molecule has 0 aliphatic heterocycles. The van der Waals surface area contributed by atoms with Crippen molar-refractivity contribution >= 4 is 16.8 Å². The third-order valence-corrected chi connectivity index (χ3v) is 5.28. The highest BCUT2D eigenvalue weighted by molar-refractivity contribution is 6.04. The topological polar surface area (TPSA) is 166 Å². The Morgan fingerprint density at radius 3 is 2.76 bits per heavy atom. The van der Waals surface area contributed by atoms with Crippen molar-refractivity contribution < 1.29 is 9.90 Å². The number of rotatable bonds is 6. The molecule has 12 heteroatoms. The quantitative estimate of drug-likeness (QED) is 0.354. The van der Waals surface area contributed by atoms with Crippen molar-refractivity contribution in [2.45, 2.75) is 26.8 Å². The molecule has 0 saturated heterocycles. The molecular weight excluding hydrogens is 424 g/mol. The average Bonchev–Trinajstić information content (AvgIpc) is 3.49. The minimum Gasteiger partial charge on any atom is -0.504 e. The number of nitrogens with one attached hydrogen (secondary N) is 1. The van der Waals surface area contributed by atoms with Gasteiger partial charge in [0.2, 0.25) is 0 Å². The number of H-pyrrole nitrogens is 1. The van der Waals surface area contributed by atoms with Gasteiger partial charge in [-0.05, 0) is 44.0 Å². The molecule has 0 spiro atoms. The minimum atomic E-state index is -0.664. The molecule has 5 aromatic rings. The number of aromatic nitrogens is 9. The number of nitrogens with zero attached hydrogens (tertiary/aromatic N) is 8. The molecule has 0 aliphatic carbocycles. The van der Waals surface area contributed by atoms with E-state index in [1.54, 1.807) is 36.3 Å². The number of primary amides is 1. The number of hydrogen-bond acceptors (Lipinski definition) is 8. The van der Waals surface area contributed by atoms with Gasteiger partial charge in [0.1, 0.15) is 11.4 Å². The van der Waals surface area contributed by atoms with Crippen LogP contribution in [-0.2, 0) is 13.0 Å². The fourth-order valence-electron chi connectivity index (χ4n) is 3.66. The molecule has 0 bridgehead atoms. The van der Waals surface area contributed by atoms with Gasteiger partial charge < -0.3 is 10.8 Å². The van der Waals surface area contributed by atoms with Crippen LogP contribution in [0.4, 0.5) is 0 Å². The van der Waals surface area contributed by atoms with Crippen LogP contribution in [0.5, 0.6) is 5.75 Å². The highest BCUT2D eigenvalue weighted by atomic mass is 16.3. The van der Waals surface area contributed by atoms with Gasteiger partial charge in [-0.25, -0.2) is 0 Å². The lowest BCUT2D eigenvalue weighted by Crippen LogP contribution is -2.12. The van der Waals surface area contributed by atoms with E-state index in [0.717, 1.165) is 11.3 Å². The SMILES string of the molecule is Cc1cc2c(C(N)=O)nn(-c3n[nH]c(-c4c(O)c(C)nn4CCc4ccncc4)n3)c2cn1. The van der Waals surface area contributed by atoms with Gasteiger partial charge in [0.15, 0.2) is 17.3 Å². The fourth-order valence-corrected chi connectivity index (χ4v) is 3.66. The van der Waals surface area contributed by atoms with E-state index in [1.165, 1.54) is 4.68 Å². The van der Waals surface area contributed by atoms with Crippen LogP contribution in [-0.4, -0.2) is 55.7 Å². The Kier molecular flexibility index (Phi) is 4.81. The number of nitrogens with two attached hydrogens (primary N) is 1. The fraction of sp³-hybridized carbons (Fsp3) is 0.190. The van der Waals surface area contributed by atoms with Gasteiger partial charge in [-0.2, -0.15) is 19.9 Å². The van der Waals surface area contributed by atoms with Crippen molar-refractivity contribution in [2.24, 2.45) is 5.73 Å². The third kappa shape index (κ3) is 3.56. The molecule has 5 rings (SSSR count). The van der Waals surface area contributed by atoms with E-state index in [2.05, 4.69) is 35.3 Å². The summed E-state index contributed by atoms with van der Waals surface area (Å²) in [7, 11) is 0. The molecule has 5 heterocycles. The Balaban J connectivity index is 1.54. The molecule has 0 atom stereocenters. The molecule has 0 aliphatic rings. The molecule has 4 N–H and O–H groups in total. The Morgan fingerprint density at radius 1 is 1.21 bits per heavy atom. The summed E-state index contributed by atoms with van der Waals surface area (Å²) in [6.45, 7) is 4.04. The first kappa shape index (κ1) is 20.3. The normalized spacial score (nSPS) is 11.3. The number of aromatic hydroxyl groups is 1. The number of aryl methyl sites for hydroxylation is 4. The maximum absolute atomic E-state index is 11.9. The van der Waals surface area contributed by atoms with Crippen molar-refractivity contribution in [2.75, 3.05) is 0 Å². The van der Waals surface area contributed by atoms with E-state index in [9.17, 15) is 9.90 Å². The Labute approximate surface area is 187 Å². The van der Waals surface area contributed by atoms with E-state index in [-0.39, 0.29) is 17.4 Å². The summed E-state index contributed by atoms with van der Waals surface area (Å²) in [6.07, 6.45) is 5.74. The van der Waals surface area contributed by atoms with E-state index in [1.807, 2.05) is 19.1 Å². The van der Waals surface area contributed by atoms with E-state index in [0.29, 0.717) is 41.1 Å². The molecule has 0 saturated carbocycles. The predicted octanol–water partition coefficient (Wildman–Crippen LogP) is 1.46. The number of pyridine rings is 2. The van der Waals surface area contributed by atoms with Crippen molar-refractivity contribution in [1.82, 2.24) is 44.7 Å². The van der Waals surface area contributed by atoms with Crippen LogP contribution >= 0.6 is 0 Å². The summed E-state index contributed by atoms with van der Waals surface area (Å²) >= 11 is 0. The smallest absolute Gasteiger partial charge is 0.270 e. The van der Waals surface area contributed by atoms with Gasteiger partial charge in [-0.3, -0.25) is 24.5 Å². The summed E-state index contributed by atoms with van der Waals surface area (Å²) in [5, 5.41) is 27.0. The highest BCUT2D eigenvalue weighted by Gasteiger charge is 2.23. The maximum Gasteiger partial charge on any atom is 0.270 e. The first-order valence-corrected chi connectivity index (χ1v) is 10.2. The molecular formula is C21H20N10O2. The van der Waals surface area contributed by atoms with Gasteiger partial charge in [0.25, 0.3) is 11.9 Å². The Bertz CT molecular complexity index is 1480. The van der Waals surface area contributed by atoms with Crippen molar-refractivity contribution in [3.8, 4) is 23.2 Å². The number of hydrogen-bond donors (Lipinski definition) is 3. The lowest BCUT2D eigenvalue weighted by molar-refractivity contribution is 0.0996. The van der Waals surface area contributed by atoms with Crippen molar-refractivity contribution in [3.63, 3.8) is 0 Å². The van der Waals surface area contributed by atoms with Gasteiger partial charge in [0.05, 0.1) is 11.7 Å². The van der Waals surface area contributed by atoms with Crippen molar-refractivity contribution in [1.29, 1.82) is 0 Å². The first-order valence-electron chi connectivity index (χ1n) is 10.2.